The lowest BCUT2D eigenvalue weighted by Gasteiger charge is -2.14. The number of nitrogens with one attached hydrogen (secondary N) is 1. The van der Waals surface area contributed by atoms with Crippen molar-refractivity contribution in [2.24, 2.45) is 0 Å². The van der Waals surface area contributed by atoms with Gasteiger partial charge in [-0.25, -0.2) is 4.39 Å². The Kier molecular flexibility index (Phi) is 5.28. The maximum Gasteiger partial charge on any atom is 0.141 e. The van der Waals surface area contributed by atoms with E-state index in [2.05, 4.69) is 29.4 Å². The van der Waals surface area contributed by atoms with E-state index in [0.717, 1.165) is 35.5 Å². The minimum atomic E-state index is -0.342. The van der Waals surface area contributed by atoms with Gasteiger partial charge in [-0.15, -0.1) is 0 Å². The summed E-state index contributed by atoms with van der Waals surface area (Å²) < 4.78 is 18.9. The quantitative estimate of drug-likeness (QED) is 0.883. The van der Waals surface area contributed by atoms with E-state index >= 15 is 0 Å². The Hall–Kier alpha value is -1.94. The van der Waals surface area contributed by atoms with Crippen molar-refractivity contribution in [3.05, 3.63) is 58.7 Å². The highest BCUT2D eigenvalue weighted by molar-refractivity contribution is 5.43. The first-order valence-electron chi connectivity index (χ1n) is 7.13. The topological polar surface area (TPSA) is 34.1 Å². The van der Waals surface area contributed by atoms with Crippen LogP contribution in [0.4, 0.5) is 4.39 Å². The molecule has 1 aromatic heterocycles. The largest absolute Gasteiger partial charge is 0.488 e. The number of halogens is 1. The van der Waals surface area contributed by atoms with Crippen LogP contribution in [0, 0.1) is 19.7 Å². The molecule has 0 fully saturated rings. The second-order valence-corrected chi connectivity index (χ2v) is 5.14. The molecule has 112 valence electrons. The van der Waals surface area contributed by atoms with Gasteiger partial charge in [0.2, 0.25) is 0 Å². The van der Waals surface area contributed by atoms with Crippen molar-refractivity contribution < 1.29 is 9.13 Å². The Balaban J connectivity index is 2.09. The monoisotopic (exact) mass is 288 g/mol. The fourth-order valence-corrected chi connectivity index (χ4v) is 2.33. The first-order valence-corrected chi connectivity index (χ1v) is 7.13. The molecule has 0 aliphatic rings. The van der Waals surface area contributed by atoms with Crippen molar-refractivity contribution >= 4 is 0 Å². The number of pyridine rings is 1. The molecule has 0 saturated heterocycles. The maximum absolute atomic E-state index is 13.1. The van der Waals surface area contributed by atoms with Crippen LogP contribution in [0.15, 0.2) is 30.6 Å². The number of ether oxygens (including phenoxy) is 1. The third kappa shape index (κ3) is 4.26. The lowest BCUT2D eigenvalue weighted by molar-refractivity contribution is 0.300. The minimum absolute atomic E-state index is 0.318. The van der Waals surface area contributed by atoms with Gasteiger partial charge < -0.3 is 10.1 Å². The molecule has 1 heterocycles. The van der Waals surface area contributed by atoms with E-state index in [-0.39, 0.29) is 5.82 Å². The van der Waals surface area contributed by atoms with Gasteiger partial charge >= 0.3 is 0 Å². The van der Waals surface area contributed by atoms with Gasteiger partial charge in [-0.2, -0.15) is 0 Å². The molecule has 0 saturated carbocycles. The van der Waals surface area contributed by atoms with Crippen molar-refractivity contribution in [1.82, 2.24) is 10.3 Å². The van der Waals surface area contributed by atoms with E-state index in [4.69, 9.17) is 4.74 Å². The van der Waals surface area contributed by atoms with Gasteiger partial charge in [0.25, 0.3) is 0 Å². The van der Waals surface area contributed by atoms with E-state index in [1.807, 2.05) is 13.8 Å². The summed E-state index contributed by atoms with van der Waals surface area (Å²) in [6.07, 6.45) is 2.81. The summed E-state index contributed by atoms with van der Waals surface area (Å²) in [5, 5.41) is 3.31. The normalized spacial score (nSPS) is 10.7. The van der Waals surface area contributed by atoms with Crippen molar-refractivity contribution in [3.8, 4) is 5.75 Å². The Morgan fingerprint density at radius 1 is 1.10 bits per heavy atom. The van der Waals surface area contributed by atoms with Crippen LogP contribution >= 0.6 is 0 Å². The molecule has 2 aromatic rings. The molecular formula is C17H21FN2O. The van der Waals surface area contributed by atoms with Crippen LogP contribution in [0.1, 0.15) is 29.2 Å². The summed E-state index contributed by atoms with van der Waals surface area (Å²) in [6, 6.07) is 5.68. The SMILES string of the molecule is CCNCc1cc(C)c(OCc2cncc(F)c2)c(C)c1. The summed E-state index contributed by atoms with van der Waals surface area (Å²) in [4.78, 5) is 3.83. The van der Waals surface area contributed by atoms with Crippen LogP contribution < -0.4 is 10.1 Å². The van der Waals surface area contributed by atoms with Crippen LogP contribution in [0.3, 0.4) is 0 Å². The van der Waals surface area contributed by atoms with E-state index in [1.54, 1.807) is 6.20 Å². The predicted octanol–water partition coefficient (Wildman–Crippen LogP) is 3.53. The van der Waals surface area contributed by atoms with Crippen molar-refractivity contribution in [2.45, 2.75) is 33.9 Å². The molecule has 0 spiro atoms. The van der Waals surface area contributed by atoms with Gasteiger partial charge in [0.05, 0.1) is 6.20 Å². The molecule has 0 aliphatic heterocycles. The third-order valence-electron chi connectivity index (χ3n) is 3.24. The van der Waals surface area contributed by atoms with E-state index in [9.17, 15) is 4.39 Å². The van der Waals surface area contributed by atoms with Crippen molar-refractivity contribution in [1.29, 1.82) is 0 Å². The van der Waals surface area contributed by atoms with Gasteiger partial charge in [-0.3, -0.25) is 4.98 Å². The van der Waals surface area contributed by atoms with Crippen molar-refractivity contribution in [3.63, 3.8) is 0 Å². The summed E-state index contributed by atoms with van der Waals surface area (Å²) in [5.74, 6) is 0.519. The van der Waals surface area contributed by atoms with Crippen LogP contribution in [-0.2, 0) is 13.2 Å². The standard InChI is InChI=1S/C17H21FN2O/c1-4-19-8-14-5-12(2)17(13(3)6-14)21-11-15-7-16(18)10-20-9-15/h5-7,9-10,19H,4,8,11H2,1-3H3. The van der Waals surface area contributed by atoms with Gasteiger partial charge in [0.15, 0.2) is 0 Å². The molecule has 0 aliphatic carbocycles. The Morgan fingerprint density at radius 2 is 1.81 bits per heavy atom. The molecule has 0 radical (unpaired) electrons. The second kappa shape index (κ2) is 7.18. The van der Waals surface area contributed by atoms with E-state index in [1.165, 1.54) is 17.8 Å². The highest BCUT2D eigenvalue weighted by Gasteiger charge is 2.07. The Labute approximate surface area is 125 Å². The zero-order chi connectivity index (χ0) is 15.2. The third-order valence-corrected chi connectivity index (χ3v) is 3.24. The number of benzene rings is 1. The van der Waals surface area contributed by atoms with Gasteiger partial charge in [-0.05, 0) is 43.1 Å². The average Bonchev–Trinajstić information content (AvgIpc) is 2.44. The molecule has 4 heteroatoms. The predicted molar refractivity (Wildman–Crippen MR) is 81.8 cm³/mol. The zero-order valence-electron chi connectivity index (χ0n) is 12.7. The first-order chi connectivity index (χ1) is 10.1. The Morgan fingerprint density at radius 3 is 2.43 bits per heavy atom. The molecule has 2 rings (SSSR count). The Bertz CT molecular complexity index is 590. The summed E-state index contributed by atoms with van der Waals surface area (Å²) in [6.45, 7) is 8.27. The van der Waals surface area contributed by atoms with Crippen LogP contribution in [0.5, 0.6) is 5.75 Å². The molecule has 0 unspecified atom stereocenters. The second-order valence-electron chi connectivity index (χ2n) is 5.14. The molecule has 1 aromatic carbocycles. The van der Waals surface area contributed by atoms with Crippen LogP contribution in [0.25, 0.3) is 0 Å². The molecule has 3 nitrogen and oxygen atoms in total. The lowest BCUT2D eigenvalue weighted by atomic mass is 10.1. The molecule has 0 bridgehead atoms. The van der Waals surface area contributed by atoms with Crippen molar-refractivity contribution in [2.75, 3.05) is 6.54 Å². The minimum Gasteiger partial charge on any atom is -0.488 e. The molecule has 0 atom stereocenters. The van der Waals surface area contributed by atoms with E-state index in [0.29, 0.717) is 6.61 Å². The molecule has 21 heavy (non-hydrogen) atoms. The average molecular weight is 288 g/mol. The van der Waals surface area contributed by atoms with Crippen LogP contribution in [-0.4, -0.2) is 11.5 Å². The first kappa shape index (κ1) is 15.4. The van der Waals surface area contributed by atoms with Crippen LogP contribution in [0.2, 0.25) is 0 Å². The summed E-state index contributed by atoms with van der Waals surface area (Å²) >= 11 is 0. The van der Waals surface area contributed by atoms with Gasteiger partial charge in [0, 0.05) is 18.3 Å². The van der Waals surface area contributed by atoms with E-state index < -0.39 is 0 Å². The summed E-state index contributed by atoms with van der Waals surface area (Å²) in [5.41, 5.74) is 4.15. The molecule has 1 N–H and O–H groups in total. The number of nitrogens with zero attached hydrogens (tertiary/aromatic N) is 1. The fourth-order valence-electron chi connectivity index (χ4n) is 2.33. The highest BCUT2D eigenvalue weighted by atomic mass is 19.1. The number of rotatable bonds is 6. The lowest BCUT2D eigenvalue weighted by Crippen LogP contribution is -2.12. The number of hydrogen-bond acceptors (Lipinski definition) is 3. The van der Waals surface area contributed by atoms with Gasteiger partial charge in [0.1, 0.15) is 18.2 Å². The smallest absolute Gasteiger partial charge is 0.141 e. The molecule has 0 amide bonds. The number of aromatic nitrogens is 1. The highest BCUT2D eigenvalue weighted by Crippen LogP contribution is 2.25. The number of aryl methyl sites for hydroxylation is 2. The molecular weight excluding hydrogens is 267 g/mol. The zero-order valence-corrected chi connectivity index (χ0v) is 12.7. The maximum atomic E-state index is 13.1. The summed E-state index contributed by atoms with van der Waals surface area (Å²) in [7, 11) is 0. The van der Waals surface area contributed by atoms with Gasteiger partial charge in [-0.1, -0.05) is 19.1 Å². The number of hydrogen-bond donors (Lipinski definition) is 1. The fraction of sp³-hybridized carbons (Fsp3) is 0.353.